The fourth-order valence-corrected chi connectivity index (χ4v) is 2.39. The predicted molar refractivity (Wildman–Crippen MR) is 76.4 cm³/mol. The van der Waals surface area contributed by atoms with Crippen molar-refractivity contribution in [3.8, 4) is 5.75 Å². The predicted octanol–water partition coefficient (Wildman–Crippen LogP) is 2.26. The van der Waals surface area contributed by atoms with E-state index in [2.05, 4.69) is 10.3 Å². The van der Waals surface area contributed by atoms with Gasteiger partial charge in [-0.05, 0) is 19.1 Å². The summed E-state index contributed by atoms with van der Waals surface area (Å²) < 4.78 is 30.9. The van der Waals surface area contributed by atoms with Gasteiger partial charge in [-0.15, -0.1) is 11.3 Å². The zero-order valence-electron chi connectivity index (χ0n) is 11.5. The third-order valence-corrected chi connectivity index (χ3v) is 3.62. The first-order valence-electron chi connectivity index (χ1n) is 6.42. The van der Waals surface area contributed by atoms with Gasteiger partial charge in [0, 0.05) is 30.2 Å². The monoisotopic (exact) mass is 314 g/mol. The molecule has 0 aliphatic carbocycles. The summed E-state index contributed by atoms with van der Waals surface area (Å²) in [6, 6.07) is 3.25. The number of nitrogens with one attached hydrogen (secondary N) is 1. The van der Waals surface area contributed by atoms with Gasteiger partial charge < -0.3 is 15.2 Å². The lowest BCUT2D eigenvalue weighted by Crippen LogP contribution is -2.31. The number of benzene rings is 1. The number of thiazole rings is 1. The Hall–Kier alpha value is -1.57. The summed E-state index contributed by atoms with van der Waals surface area (Å²) in [7, 11) is 0. The molecular formula is C14H16F2N2O2S. The Morgan fingerprint density at radius 2 is 2.19 bits per heavy atom. The molecule has 1 aromatic heterocycles. The summed E-state index contributed by atoms with van der Waals surface area (Å²) in [6.45, 7) is 2.81. The lowest BCUT2D eigenvalue weighted by molar-refractivity contribution is 0.106. The van der Waals surface area contributed by atoms with Gasteiger partial charge >= 0.3 is 0 Å². The maximum Gasteiger partial charge on any atom is 0.162 e. The number of aryl methyl sites for hydroxylation is 1. The van der Waals surface area contributed by atoms with Crippen molar-refractivity contribution in [2.75, 3.05) is 13.2 Å². The highest BCUT2D eigenvalue weighted by Crippen LogP contribution is 2.15. The Labute approximate surface area is 125 Å². The molecule has 0 saturated carbocycles. The Balaban J connectivity index is 1.69. The first-order chi connectivity index (χ1) is 10.0. The summed E-state index contributed by atoms with van der Waals surface area (Å²) in [5.74, 6) is -1.72. The van der Waals surface area contributed by atoms with Crippen LogP contribution in [0.4, 0.5) is 8.78 Å². The largest absolute Gasteiger partial charge is 0.491 e. The third kappa shape index (κ3) is 5.04. The number of halogens is 2. The highest BCUT2D eigenvalue weighted by Gasteiger charge is 2.08. The van der Waals surface area contributed by atoms with Gasteiger partial charge in [-0.25, -0.2) is 13.8 Å². The molecule has 1 atom stereocenters. The van der Waals surface area contributed by atoms with E-state index >= 15 is 0 Å². The smallest absolute Gasteiger partial charge is 0.162 e. The second-order valence-electron chi connectivity index (χ2n) is 4.55. The lowest BCUT2D eigenvalue weighted by atomic mass is 10.3. The molecule has 0 spiro atoms. The number of ether oxygens (including phenoxy) is 1. The minimum absolute atomic E-state index is 0.00499. The second kappa shape index (κ2) is 7.44. The van der Waals surface area contributed by atoms with Crippen LogP contribution in [0.2, 0.25) is 0 Å². The molecule has 1 unspecified atom stereocenters. The minimum Gasteiger partial charge on any atom is -0.491 e. The SMILES string of the molecule is Cc1csc(CNCC(O)COc2ccc(F)c(F)c2)n1. The average Bonchev–Trinajstić information content (AvgIpc) is 2.86. The van der Waals surface area contributed by atoms with Gasteiger partial charge in [-0.1, -0.05) is 0 Å². The van der Waals surface area contributed by atoms with Crippen molar-refractivity contribution in [3.63, 3.8) is 0 Å². The van der Waals surface area contributed by atoms with Crippen LogP contribution in [-0.4, -0.2) is 29.3 Å². The van der Waals surface area contributed by atoms with Crippen LogP contribution in [0.15, 0.2) is 23.6 Å². The van der Waals surface area contributed by atoms with Gasteiger partial charge in [-0.3, -0.25) is 0 Å². The van der Waals surface area contributed by atoms with Gasteiger partial charge in [-0.2, -0.15) is 0 Å². The molecule has 4 nitrogen and oxygen atoms in total. The first kappa shape index (κ1) is 15.8. The molecule has 21 heavy (non-hydrogen) atoms. The van der Waals surface area contributed by atoms with Crippen LogP contribution in [0.5, 0.6) is 5.75 Å². The van der Waals surface area contributed by atoms with E-state index in [-0.39, 0.29) is 12.4 Å². The van der Waals surface area contributed by atoms with E-state index in [1.807, 2.05) is 12.3 Å². The van der Waals surface area contributed by atoms with Crippen LogP contribution in [0.3, 0.4) is 0 Å². The number of aliphatic hydroxyl groups is 1. The van der Waals surface area contributed by atoms with Crippen LogP contribution < -0.4 is 10.1 Å². The zero-order valence-corrected chi connectivity index (χ0v) is 12.3. The molecule has 0 amide bonds. The van der Waals surface area contributed by atoms with Crippen LogP contribution >= 0.6 is 11.3 Å². The Morgan fingerprint density at radius 3 is 2.86 bits per heavy atom. The molecule has 0 bridgehead atoms. The van der Waals surface area contributed by atoms with Crippen molar-refractivity contribution in [1.82, 2.24) is 10.3 Å². The summed E-state index contributed by atoms with van der Waals surface area (Å²) >= 11 is 1.55. The van der Waals surface area contributed by atoms with Crippen LogP contribution in [0.1, 0.15) is 10.7 Å². The molecule has 2 rings (SSSR count). The fourth-order valence-electron chi connectivity index (χ4n) is 1.65. The van der Waals surface area contributed by atoms with E-state index in [0.29, 0.717) is 13.1 Å². The van der Waals surface area contributed by atoms with Crippen molar-refractivity contribution in [1.29, 1.82) is 0 Å². The van der Waals surface area contributed by atoms with Crippen molar-refractivity contribution in [3.05, 3.63) is 45.9 Å². The molecular weight excluding hydrogens is 298 g/mol. The number of hydrogen-bond acceptors (Lipinski definition) is 5. The van der Waals surface area contributed by atoms with Crippen molar-refractivity contribution in [2.24, 2.45) is 0 Å². The van der Waals surface area contributed by atoms with E-state index in [4.69, 9.17) is 4.74 Å². The normalized spacial score (nSPS) is 12.4. The van der Waals surface area contributed by atoms with E-state index in [1.54, 1.807) is 11.3 Å². The highest BCUT2D eigenvalue weighted by molar-refractivity contribution is 7.09. The number of rotatable bonds is 7. The Bertz CT molecular complexity index is 592. The van der Waals surface area contributed by atoms with Crippen molar-refractivity contribution in [2.45, 2.75) is 19.6 Å². The quantitative estimate of drug-likeness (QED) is 0.823. The Morgan fingerprint density at radius 1 is 1.38 bits per heavy atom. The summed E-state index contributed by atoms with van der Waals surface area (Å²) in [4.78, 5) is 4.29. The molecule has 0 radical (unpaired) electrons. The first-order valence-corrected chi connectivity index (χ1v) is 7.30. The fraction of sp³-hybridized carbons (Fsp3) is 0.357. The van der Waals surface area contributed by atoms with Crippen LogP contribution in [0.25, 0.3) is 0 Å². The molecule has 0 aliphatic heterocycles. The summed E-state index contributed by atoms with van der Waals surface area (Å²) in [5.41, 5.74) is 0.971. The lowest BCUT2D eigenvalue weighted by Gasteiger charge is -2.13. The van der Waals surface area contributed by atoms with Gasteiger partial charge in [0.25, 0.3) is 0 Å². The Kier molecular flexibility index (Phi) is 5.60. The van der Waals surface area contributed by atoms with E-state index < -0.39 is 17.7 Å². The third-order valence-electron chi connectivity index (χ3n) is 2.66. The average molecular weight is 314 g/mol. The summed E-state index contributed by atoms with van der Waals surface area (Å²) in [6.07, 6.45) is -0.751. The van der Waals surface area contributed by atoms with E-state index in [9.17, 15) is 13.9 Å². The molecule has 114 valence electrons. The van der Waals surface area contributed by atoms with Gasteiger partial charge in [0.1, 0.15) is 23.5 Å². The van der Waals surface area contributed by atoms with Crippen molar-refractivity contribution < 1.29 is 18.6 Å². The van der Waals surface area contributed by atoms with Crippen LogP contribution in [-0.2, 0) is 6.54 Å². The molecule has 2 N–H and O–H groups in total. The second-order valence-corrected chi connectivity index (χ2v) is 5.50. The van der Waals surface area contributed by atoms with E-state index in [0.717, 1.165) is 22.8 Å². The molecule has 0 fully saturated rings. The molecule has 7 heteroatoms. The van der Waals surface area contributed by atoms with Crippen LogP contribution in [0, 0.1) is 18.6 Å². The molecule has 0 aliphatic rings. The summed E-state index contributed by atoms with van der Waals surface area (Å²) in [5, 5.41) is 15.7. The highest BCUT2D eigenvalue weighted by atomic mass is 32.1. The zero-order chi connectivity index (χ0) is 15.2. The molecule has 0 saturated heterocycles. The topological polar surface area (TPSA) is 54.4 Å². The van der Waals surface area contributed by atoms with Gasteiger partial charge in [0.2, 0.25) is 0 Å². The number of aromatic nitrogens is 1. The number of aliphatic hydroxyl groups excluding tert-OH is 1. The number of hydrogen-bond donors (Lipinski definition) is 2. The maximum atomic E-state index is 13.0. The van der Waals surface area contributed by atoms with Gasteiger partial charge in [0.15, 0.2) is 11.6 Å². The minimum atomic E-state index is -0.973. The maximum absolute atomic E-state index is 13.0. The van der Waals surface area contributed by atoms with Gasteiger partial charge in [0.05, 0.1) is 0 Å². The molecule has 1 heterocycles. The standard InChI is InChI=1S/C14H16F2N2O2S/c1-9-8-21-14(18-9)6-17-5-10(19)7-20-11-2-3-12(15)13(16)4-11/h2-4,8,10,17,19H,5-7H2,1H3. The number of nitrogens with zero attached hydrogens (tertiary/aromatic N) is 1. The van der Waals surface area contributed by atoms with E-state index in [1.165, 1.54) is 6.07 Å². The van der Waals surface area contributed by atoms with Crippen molar-refractivity contribution >= 4 is 11.3 Å². The molecule has 1 aromatic carbocycles. The molecule has 2 aromatic rings.